The van der Waals surface area contributed by atoms with Crippen molar-refractivity contribution in [2.75, 3.05) is 13.1 Å². The number of hydrogen-bond acceptors (Lipinski definition) is 8. The third-order valence-corrected chi connectivity index (χ3v) is 5.91. The summed E-state index contributed by atoms with van der Waals surface area (Å²) in [6, 6.07) is 9.32. The normalized spacial score (nSPS) is 16.7. The first-order chi connectivity index (χ1) is 14.8. The van der Waals surface area contributed by atoms with Gasteiger partial charge in [0.15, 0.2) is 0 Å². The fourth-order valence-electron chi connectivity index (χ4n) is 3.75. The predicted molar refractivity (Wildman–Crippen MR) is 109 cm³/mol. The quantitative estimate of drug-likeness (QED) is 0.488. The van der Waals surface area contributed by atoms with Gasteiger partial charge in [0, 0.05) is 36.0 Å². The van der Waals surface area contributed by atoms with Gasteiger partial charge in [0.2, 0.25) is 11.7 Å². The highest BCUT2D eigenvalue weighted by molar-refractivity contribution is 7.08. The molecule has 1 atom stereocenters. The molecule has 1 aliphatic rings. The standard InChI is InChI=1S/C20H19N7O2S/c28-20(15-4-1-5-17(10-15)27-13-21-24-25-27)26-7-2-3-14(11-26)9-18-22-19(23-29-18)16-6-8-30-12-16/h1,4-6,8,10,12-14H,2-3,7,9,11H2/t14-/m1/s1. The van der Waals surface area contributed by atoms with Crippen molar-refractivity contribution in [2.24, 2.45) is 5.92 Å². The van der Waals surface area contributed by atoms with Crippen molar-refractivity contribution in [2.45, 2.75) is 19.3 Å². The number of benzene rings is 1. The second kappa shape index (κ2) is 8.15. The number of piperidine rings is 1. The molecule has 4 aromatic rings. The Morgan fingerprint density at radius 2 is 2.27 bits per heavy atom. The van der Waals surface area contributed by atoms with Crippen LogP contribution in [-0.2, 0) is 6.42 Å². The second-order valence-electron chi connectivity index (χ2n) is 7.29. The largest absolute Gasteiger partial charge is 0.339 e. The minimum Gasteiger partial charge on any atom is -0.339 e. The average molecular weight is 421 g/mol. The number of carbonyl (C=O) groups is 1. The van der Waals surface area contributed by atoms with Crippen molar-refractivity contribution in [3.8, 4) is 17.1 Å². The molecule has 30 heavy (non-hydrogen) atoms. The molecular formula is C20H19N7O2S. The number of thiophene rings is 1. The van der Waals surface area contributed by atoms with E-state index in [2.05, 4.69) is 25.7 Å². The van der Waals surface area contributed by atoms with Crippen LogP contribution in [0.3, 0.4) is 0 Å². The van der Waals surface area contributed by atoms with Crippen molar-refractivity contribution in [3.05, 3.63) is 58.9 Å². The van der Waals surface area contributed by atoms with Crippen molar-refractivity contribution in [1.29, 1.82) is 0 Å². The lowest BCUT2D eigenvalue weighted by atomic mass is 9.94. The van der Waals surface area contributed by atoms with Gasteiger partial charge in [-0.3, -0.25) is 4.79 Å². The van der Waals surface area contributed by atoms with E-state index in [0.717, 1.165) is 30.6 Å². The summed E-state index contributed by atoms with van der Waals surface area (Å²) < 4.78 is 6.99. The van der Waals surface area contributed by atoms with E-state index in [0.29, 0.717) is 36.2 Å². The van der Waals surface area contributed by atoms with E-state index in [4.69, 9.17) is 4.52 Å². The molecule has 10 heteroatoms. The highest BCUT2D eigenvalue weighted by atomic mass is 32.1. The number of tetrazole rings is 1. The number of carbonyl (C=O) groups excluding carboxylic acids is 1. The molecule has 0 aliphatic carbocycles. The number of likely N-dealkylation sites (tertiary alicyclic amines) is 1. The van der Waals surface area contributed by atoms with E-state index in [1.165, 1.54) is 11.0 Å². The van der Waals surface area contributed by atoms with Crippen LogP contribution in [0.15, 0.2) is 51.9 Å². The van der Waals surface area contributed by atoms with Gasteiger partial charge in [-0.05, 0) is 58.8 Å². The van der Waals surface area contributed by atoms with Gasteiger partial charge in [-0.15, -0.1) is 5.10 Å². The van der Waals surface area contributed by atoms with Crippen LogP contribution >= 0.6 is 11.3 Å². The molecule has 0 unspecified atom stereocenters. The van der Waals surface area contributed by atoms with Gasteiger partial charge in [-0.1, -0.05) is 11.2 Å². The van der Waals surface area contributed by atoms with Gasteiger partial charge < -0.3 is 9.42 Å². The van der Waals surface area contributed by atoms with E-state index in [-0.39, 0.29) is 5.91 Å². The molecular weight excluding hydrogens is 402 g/mol. The monoisotopic (exact) mass is 421 g/mol. The minimum atomic E-state index is 0.0131. The summed E-state index contributed by atoms with van der Waals surface area (Å²) in [4.78, 5) is 19.5. The van der Waals surface area contributed by atoms with Gasteiger partial charge >= 0.3 is 0 Å². The Kier molecular flexibility index (Phi) is 5.06. The molecule has 0 N–H and O–H groups in total. The molecule has 1 amide bonds. The summed E-state index contributed by atoms with van der Waals surface area (Å²) >= 11 is 1.60. The van der Waals surface area contributed by atoms with Crippen LogP contribution in [-0.4, -0.2) is 54.2 Å². The van der Waals surface area contributed by atoms with Crippen LogP contribution in [0.25, 0.3) is 17.1 Å². The molecule has 0 bridgehead atoms. The molecule has 152 valence electrons. The minimum absolute atomic E-state index is 0.0131. The Bertz CT molecular complexity index is 1120. The summed E-state index contributed by atoms with van der Waals surface area (Å²) in [5.41, 5.74) is 2.35. The molecule has 1 aromatic carbocycles. The molecule has 9 nitrogen and oxygen atoms in total. The van der Waals surface area contributed by atoms with Crippen LogP contribution in [0.5, 0.6) is 0 Å². The molecule has 0 saturated carbocycles. The maximum atomic E-state index is 13.1. The highest BCUT2D eigenvalue weighted by Gasteiger charge is 2.26. The molecule has 0 radical (unpaired) electrons. The lowest BCUT2D eigenvalue weighted by molar-refractivity contribution is 0.0668. The summed E-state index contributed by atoms with van der Waals surface area (Å²) in [5.74, 6) is 1.55. The van der Waals surface area contributed by atoms with E-state index >= 15 is 0 Å². The first-order valence-corrected chi connectivity index (χ1v) is 10.7. The molecule has 4 heterocycles. The van der Waals surface area contributed by atoms with Crippen molar-refractivity contribution >= 4 is 17.2 Å². The first kappa shape index (κ1) is 18.6. The number of aromatic nitrogens is 6. The zero-order chi connectivity index (χ0) is 20.3. The predicted octanol–water partition coefficient (Wildman–Crippen LogP) is 2.87. The van der Waals surface area contributed by atoms with Gasteiger partial charge in [0.25, 0.3) is 5.91 Å². The lowest BCUT2D eigenvalue weighted by Gasteiger charge is -2.32. The van der Waals surface area contributed by atoms with Gasteiger partial charge in [0.05, 0.1) is 5.69 Å². The van der Waals surface area contributed by atoms with E-state index in [9.17, 15) is 4.79 Å². The molecule has 3 aromatic heterocycles. The molecule has 1 fully saturated rings. The second-order valence-corrected chi connectivity index (χ2v) is 8.07. The topological polar surface area (TPSA) is 103 Å². The number of rotatable bonds is 5. The molecule has 0 spiro atoms. The third kappa shape index (κ3) is 3.86. The first-order valence-electron chi connectivity index (χ1n) is 9.74. The zero-order valence-corrected chi connectivity index (χ0v) is 16.9. The van der Waals surface area contributed by atoms with Crippen molar-refractivity contribution < 1.29 is 9.32 Å². The zero-order valence-electron chi connectivity index (χ0n) is 16.1. The van der Waals surface area contributed by atoms with Crippen LogP contribution in [0.1, 0.15) is 29.1 Å². The Morgan fingerprint density at radius 3 is 3.10 bits per heavy atom. The number of hydrogen-bond donors (Lipinski definition) is 0. The number of amides is 1. The van der Waals surface area contributed by atoms with Crippen molar-refractivity contribution in [1.82, 2.24) is 35.2 Å². The van der Waals surface area contributed by atoms with Gasteiger partial charge in [-0.25, -0.2) is 4.68 Å². The van der Waals surface area contributed by atoms with E-state index in [1.54, 1.807) is 11.3 Å². The SMILES string of the molecule is O=C(c1cccc(-n2cnnn2)c1)N1CCC[C@H](Cc2nc(-c3ccsc3)no2)C1. The van der Waals surface area contributed by atoms with Crippen LogP contribution in [0.4, 0.5) is 0 Å². The highest BCUT2D eigenvalue weighted by Crippen LogP contribution is 2.24. The summed E-state index contributed by atoms with van der Waals surface area (Å²) in [5, 5.41) is 19.3. The Hall–Kier alpha value is -3.40. The maximum Gasteiger partial charge on any atom is 0.253 e. The Balaban J connectivity index is 1.26. The van der Waals surface area contributed by atoms with Crippen molar-refractivity contribution in [3.63, 3.8) is 0 Å². The summed E-state index contributed by atoms with van der Waals surface area (Å²) in [7, 11) is 0. The Morgan fingerprint density at radius 1 is 1.30 bits per heavy atom. The fourth-order valence-corrected chi connectivity index (χ4v) is 4.39. The van der Waals surface area contributed by atoms with Crippen LogP contribution in [0, 0.1) is 5.92 Å². The maximum absolute atomic E-state index is 13.1. The fraction of sp³-hybridized carbons (Fsp3) is 0.300. The number of nitrogens with zero attached hydrogens (tertiary/aromatic N) is 7. The average Bonchev–Trinajstić information content (AvgIpc) is 3.56. The van der Waals surface area contributed by atoms with Gasteiger partial charge in [-0.2, -0.15) is 16.3 Å². The Labute approximate surface area is 176 Å². The lowest BCUT2D eigenvalue weighted by Crippen LogP contribution is -2.40. The molecule has 1 saturated heterocycles. The van der Waals surface area contributed by atoms with E-state index < -0.39 is 0 Å². The van der Waals surface area contributed by atoms with E-state index in [1.807, 2.05) is 46.0 Å². The van der Waals surface area contributed by atoms with Crippen LogP contribution < -0.4 is 0 Å². The van der Waals surface area contributed by atoms with Crippen LogP contribution in [0.2, 0.25) is 0 Å². The molecule has 5 rings (SSSR count). The molecule has 1 aliphatic heterocycles. The van der Waals surface area contributed by atoms with Gasteiger partial charge in [0.1, 0.15) is 6.33 Å². The summed E-state index contributed by atoms with van der Waals surface area (Å²) in [6.45, 7) is 1.42. The third-order valence-electron chi connectivity index (χ3n) is 5.22. The smallest absolute Gasteiger partial charge is 0.253 e. The summed E-state index contributed by atoms with van der Waals surface area (Å²) in [6.07, 6.45) is 4.17.